The highest BCUT2D eigenvalue weighted by Gasteiger charge is 2.14. The average molecular weight is 372 g/mol. The summed E-state index contributed by atoms with van der Waals surface area (Å²) < 4.78 is 20.2. The maximum atomic E-state index is 13.8. The average Bonchev–Trinajstić information content (AvgIpc) is 2.66. The van der Waals surface area contributed by atoms with E-state index in [1.54, 1.807) is 18.2 Å². The smallest absolute Gasteiger partial charge is 0.262 e. The summed E-state index contributed by atoms with van der Waals surface area (Å²) in [4.78, 5) is 29.4. The number of ether oxygens (including phenoxy) is 1. The molecule has 0 aliphatic rings. The second-order valence-electron chi connectivity index (χ2n) is 5.52. The van der Waals surface area contributed by atoms with Gasteiger partial charge >= 0.3 is 0 Å². The van der Waals surface area contributed by atoms with Gasteiger partial charge in [-0.25, -0.2) is 9.37 Å². The zero-order valence-electron chi connectivity index (χ0n) is 14.4. The predicted octanol–water partition coefficient (Wildman–Crippen LogP) is 3.54. The summed E-state index contributed by atoms with van der Waals surface area (Å²) in [5.41, 5.74) is 0.707. The van der Waals surface area contributed by atoms with E-state index < -0.39 is 5.82 Å². The first-order valence-electron chi connectivity index (χ1n) is 8.04. The van der Waals surface area contributed by atoms with E-state index in [4.69, 9.17) is 4.74 Å². The van der Waals surface area contributed by atoms with Crippen molar-refractivity contribution in [2.75, 3.05) is 12.9 Å². The van der Waals surface area contributed by atoms with Crippen molar-refractivity contribution in [3.05, 3.63) is 64.2 Å². The van der Waals surface area contributed by atoms with E-state index in [0.29, 0.717) is 22.6 Å². The Labute approximate surface area is 153 Å². The minimum absolute atomic E-state index is 0.0521. The summed E-state index contributed by atoms with van der Waals surface area (Å²) in [6.07, 6.45) is 0. The normalized spacial score (nSPS) is 10.9. The maximum absolute atomic E-state index is 13.8. The molecule has 0 radical (unpaired) electrons. The summed E-state index contributed by atoms with van der Waals surface area (Å²) in [6, 6.07) is 11.2. The molecule has 3 aromatic rings. The maximum Gasteiger partial charge on any atom is 0.262 e. The Hall–Kier alpha value is -2.67. The van der Waals surface area contributed by atoms with Crippen LogP contribution in [-0.4, -0.2) is 28.2 Å². The van der Waals surface area contributed by atoms with Gasteiger partial charge in [0, 0.05) is 12.1 Å². The molecule has 0 aliphatic carbocycles. The molecule has 7 heteroatoms. The standard InChI is InChI=1S/C19H17FN2O3S/c1-3-22-18(24)13-6-4-5-7-15(13)21-19(22)26-11-16(23)12-8-9-17(25-2)14(20)10-12/h4-10H,3,11H2,1-2H3. The van der Waals surface area contributed by atoms with Crippen LogP contribution >= 0.6 is 11.8 Å². The Balaban J connectivity index is 1.86. The number of aromatic nitrogens is 2. The van der Waals surface area contributed by atoms with Crippen LogP contribution in [0.2, 0.25) is 0 Å². The van der Waals surface area contributed by atoms with Gasteiger partial charge in [0.1, 0.15) is 0 Å². The molecule has 5 nitrogen and oxygen atoms in total. The Morgan fingerprint density at radius 1 is 1.27 bits per heavy atom. The third-order valence-corrected chi connectivity index (χ3v) is 4.93. The predicted molar refractivity (Wildman–Crippen MR) is 99.7 cm³/mol. The van der Waals surface area contributed by atoms with Gasteiger partial charge in [-0.15, -0.1) is 0 Å². The van der Waals surface area contributed by atoms with Gasteiger partial charge in [-0.3, -0.25) is 14.2 Å². The fraction of sp³-hybridized carbons (Fsp3) is 0.211. The summed E-state index contributed by atoms with van der Waals surface area (Å²) in [6.45, 7) is 2.30. The van der Waals surface area contributed by atoms with Crippen LogP contribution in [0.5, 0.6) is 5.75 Å². The molecule has 1 aromatic heterocycles. The van der Waals surface area contributed by atoms with Crippen molar-refractivity contribution in [2.45, 2.75) is 18.6 Å². The molecule has 0 N–H and O–H groups in total. The molecular formula is C19H17FN2O3S. The van der Waals surface area contributed by atoms with Gasteiger partial charge in [-0.2, -0.15) is 0 Å². The number of halogens is 1. The first kappa shape index (κ1) is 18.1. The SMILES string of the molecule is CCn1c(SCC(=O)c2ccc(OC)c(F)c2)nc2ccccc2c1=O. The second-order valence-corrected chi connectivity index (χ2v) is 6.46. The third-order valence-electron chi connectivity index (χ3n) is 3.95. The molecule has 0 spiro atoms. The minimum atomic E-state index is -0.586. The summed E-state index contributed by atoms with van der Waals surface area (Å²) in [7, 11) is 1.37. The molecule has 0 saturated heterocycles. The topological polar surface area (TPSA) is 61.2 Å². The van der Waals surface area contributed by atoms with E-state index in [1.807, 2.05) is 13.0 Å². The lowest BCUT2D eigenvalue weighted by Gasteiger charge is -2.11. The van der Waals surface area contributed by atoms with Crippen LogP contribution in [0.25, 0.3) is 10.9 Å². The highest BCUT2D eigenvalue weighted by molar-refractivity contribution is 7.99. The van der Waals surface area contributed by atoms with E-state index in [2.05, 4.69) is 4.98 Å². The highest BCUT2D eigenvalue weighted by Crippen LogP contribution is 2.22. The lowest BCUT2D eigenvalue weighted by atomic mass is 10.1. The largest absolute Gasteiger partial charge is 0.494 e. The van der Waals surface area contributed by atoms with Crippen molar-refractivity contribution in [3.63, 3.8) is 0 Å². The summed E-state index contributed by atoms with van der Waals surface area (Å²) >= 11 is 1.17. The molecular weight excluding hydrogens is 355 g/mol. The van der Waals surface area contributed by atoms with E-state index in [1.165, 1.54) is 35.6 Å². The molecule has 0 saturated carbocycles. The molecule has 3 rings (SSSR count). The first-order chi connectivity index (χ1) is 12.5. The van der Waals surface area contributed by atoms with E-state index in [9.17, 15) is 14.0 Å². The fourth-order valence-electron chi connectivity index (χ4n) is 2.59. The summed E-state index contributed by atoms with van der Waals surface area (Å²) in [5, 5.41) is 1.01. The quantitative estimate of drug-likeness (QED) is 0.376. The van der Waals surface area contributed by atoms with Gasteiger partial charge < -0.3 is 4.74 Å². The van der Waals surface area contributed by atoms with Crippen LogP contribution in [0.4, 0.5) is 4.39 Å². The minimum Gasteiger partial charge on any atom is -0.494 e. The zero-order valence-corrected chi connectivity index (χ0v) is 15.2. The number of carbonyl (C=O) groups is 1. The van der Waals surface area contributed by atoms with Crippen LogP contribution < -0.4 is 10.3 Å². The van der Waals surface area contributed by atoms with Crippen LogP contribution in [0.3, 0.4) is 0 Å². The number of thioether (sulfide) groups is 1. The molecule has 0 amide bonds. The van der Waals surface area contributed by atoms with Gasteiger partial charge in [-0.05, 0) is 37.3 Å². The van der Waals surface area contributed by atoms with Gasteiger partial charge in [0.05, 0.1) is 23.8 Å². The lowest BCUT2D eigenvalue weighted by molar-refractivity contribution is 0.102. The first-order valence-corrected chi connectivity index (χ1v) is 9.02. The molecule has 1 heterocycles. The zero-order chi connectivity index (χ0) is 18.7. The second kappa shape index (κ2) is 7.70. The molecule has 0 aliphatic heterocycles. The van der Waals surface area contributed by atoms with Crippen molar-refractivity contribution in [3.8, 4) is 5.75 Å². The van der Waals surface area contributed by atoms with Crippen LogP contribution in [0.1, 0.15) is 17.3 Å². The van der Waals surface area contributed by atoms with Crippen molar-refractivity contribution in [1.82, 2.24) is 9.55 Å². The van der Waals surface area contributed by atoms with Crippen LogP contribution in [0, 0.1) is 5.82 Å². The fourth-order valence-corrected chi connectivity index (χ4v) is 3.55. The molecule has 0 bridgehead atoms. The van der Waals surface area contributed by atoms with Crippen molar-refractivity contribution >= 4 is 28.4 Å². The van der Waals surface area contributed by atoms with Gasteiger partial charge in [0.25, 0.3) is 5.56 Å². The molecule has 0 fully saturated rings. The molecule has 2 aromatic carbocycles. The van der Waals surface area contributed by atoms with Crippen LogP contribution in [-0.2, 0) is 6.54 Å². The number of carbonyl (C=O) groups excluding carboxylic acids is 1. The number of para-hydroxylation sites is 1. The van der Waals surface area contributed by atoms with Crippen molar-refractivity contribution in [2.24, 2.45) is 0 Å². The van der Waals surface area contributed by atoms with Crippen LogP contribution in [0.15, 0.2) is 52.4 Å². The summed E-state index contributed by atoms with van der Waals surface area (Å²) in [5.74, 6) is -0.694. The number of hydrogen-bond donors (Lipinski definition) is 0. The Morgan fingerprint density at radius 3 is 2.73 bits per heavy atom. The number of ketones is 1. The number of hydrogen-bond acceptors (Lipinski definition) is 5. The number of benzene rings is 2. The van der Waals surface area contributed by atoms with E-state index >= 15 is 0 Å². The van der Waals surface area contributed by atoms with Crippen molar-refractivity contribution < 1.29 is 13.9 Å². The third kappa shape index (κ3) is 3.48. The lowest BCUT2D eigenvalue weighted by Crippen LogP contribution is -2.22. The number of nitrogens with zero attached hydrogens (tertiary/aromatic N) is 2. The number of fused-ring (bicyclic) bond motifs is 1. The number of rotatable bonds is 6. The molecule has 134 valence electrons. The number of methoxy groups -OCH3 is 1. The van der Waals surface area contributed by atoms with Crippen molar-refractivity contribution in [1.29, 1.82) is 0 Å². The number of Topliss-reactive ketones (excluding diaryl/α,β-unsaturated/α-hetero) is 1. The van der Waals surface area contributed by atoms with Gasteiger partial charge in [-0.1, -0.05) is 23.9 Å². The Morgan fingerprint density at radius 2 is 2.04 bits per heavy atom. The Bertz CT molecular complexity index is 1030. The van der Waals surface area contributed by atoms with E-state index in [-0.39, 0.29) is 28.4 Å². The molecule has 0 unspecified atom stereocenters. The Kier molecular flexibility index (Phi) is 5.37. The molecule has 0 atom stereocenters. The van der Waals surface area contributed by atoms with Gasteiger partial charge in [0.2, 0.25) is 0 Å². The van der Waals surface area contributed by atoms with Gasteiger partial charge in [0.15, 0.2) is 22.5 Å². The monoisotopic (exact) mass is 372 g/mol. The highest BCUT2D eigenvalue weighted by atomic mass is 32.2. The molecule has 26 heavy (non-hydrogen) atoms. The van der Waals surface area contributed by atoms with E-state index in [0.717, 1.165) is 6.07 Å².